The lowest BCUT2D eigenvalue weighted by Gasteiger charge is -2.03. The third-order valence-electron chi connectivity index (χ3n) is 4.43. The zero-order chi connectivity index (χ0) is 18.8. The molecule has 27 heavy (non-hydrogen) atoms. The second-order valence-corrected chi connectivity index (χ2v) is 6.56. The van der Waals surface area contributed by atoms with E-state index in [1.165, 1.54) is 6.33 Å². The Morgan fingerprint density at radius 2 is 2.15 bits per heavy atom. The highest BCUT2D eigenvalue weighted by Gasteiger charge is 2.23. The highest BCUT2D eigenvalue weighted by Crippen LogP contribution is 2.23. The number of nitrogens with one attached hydrogen (secondary N) is 1. The Morgan fingerprint density at radius 3 is 2.93 bits per heavy atom. The van der Waals surface area contributed by atoms with Crippen molar-refractivity contribution in [1.82, 2.24) is 19.9 Å². The van der Waals surface area contributed by atoms with E-state index < -0.39 is 0 Å². The Bertz CT molecular complexity index is 1070. The van der Waals surface area contributed by atoms with E-state index in [1.807, 2.05) is 22.9 Å². The first-order valence-electron chi connectivity index (χ1n) is 8.88. The number of carbonyl (C=O) groups is 1. The number of rotatable bonds is 4. The first kappa shape index (κ1) is 17.1. The third kappa shape index (κ3) is 3.61. The number of carbonyl (C=O) groups excluding carboxylic acids is 1. The van der Waals surface area contributed by atoms with Gasteiger partial charge in [0.25, 0.3) is 5.91 Å². The van der Waals surface area contributed by atoms with Crippen LogP contribution in [0.1, 0.15) is 34.3 Å². The molecule has 1 fully saturated rings. The third-order valence-corrected chi connectivity index (χ3v) is 4.43. The van der Waals surface area contributed by atoms with Crippen molar-refractivity contribution in [3.8, 4) is 11.8 Å². The first-order chi connectivity index (χ1) is 13.2. The molecule has 0 aliphatic heterocycles. The van der Waals surface area contributed by atoms with Gasteiger partial charge in [0.15, 0.2) is 0 Å². The summed E-state index contributed by atoms with van der Waals surface area (Å²) >= 11 is 0. The van der Waals surface area contributed by atoms with Crippen LogP contribution in [0.3, 0.4) is 0 Å². The molecular formula is C20H20N6O. The van der Waals surface area contributed by atoms with Crippen LogP contribution in [0.4, 0.5) is 5.82 Å². The van der Waals surface area contributed by atoms with Crippen LogP contribution in [0.25, 0.3) is 11.0 Å². The largest absolute Gasteiger partial charge is 0.383 e. The number of anilines is 1. The van der Waals surface area contributed by atoms with Crippen molar-refractivity contribution in [3.05, 3.63) is 53.5 Å². The summed E-state index contributed by atoms with van der Waals surface area (Å²) in [7, 11) is 0. The van der Waals surface area contributed by atoms with E-state index in [1.54, 1.807) is 12.1 Å². The summed E-state index contributed by atoms with van der Waals surface area (Å²) in [6, 6.07) is 7.62. The molecule has 4 rings (SSSR count). The number of hydrogen-bond donors (Lipinski definition) is 3. The number of hydrogen-bond acceptors (Lipinski definition) is 5. The summed E-state index contributed by atoms with van der Waals surface area (Å²) in [5.74, 6) is 6.58. The van der Waals surface area contributed by atoms with E-state index in [-0.39, 0.29) is 5.91 Å². The second-order valence-electron chi connectivity index (χ2n) is 6.56. The lowest BCUT2D eigenvalue weighted by molar-refractivity contribution is 0.0951. The van der Waals surface area contributed by atoms with Crippen molar-refractivity contribution >= 4 is 22.8 Å². The number of amides is 1. The predicted octanol–water partition coefficient (Wildman–Crippen LogP) is 1.26. The summed E-state index contributed by atoms with van der Waals surface area (Å²) in [4.78, 5) is 20.6. The minimum absolute atomic E-state index is 0.0571. The number of nitrogen functional groups attached to an aromatic ring is 1. The zero-order valence-corrected chi connectivity index (χ0v) is 14.8. The van der Waals surface area contributed by atoms with Crippen LogP contribution in [0, 0.1) is 11.8 Å². The molecule has 1 aliphatic carbocycles. The molecule has 0 atom stereocenters. The van der Waals surface area contributed by atoms with E-state index in [9.17, 15) is 4.79 Å². The zero-order valence-electron chi connectivity index (χ0n) is 14.8. The molecule has 1 amide bonds. The highest BCUT2D eigenvalue weighted by atomic mass is 16.1. The molecule has 1 saturated carbocycles. The number of fused-ring (bicyclic) bond motifs is 1. The smallest absolute Gasteiger partial charge is 0.251 e. The lowest BCUT2D eigenvalue weighted by atomic mass is 10.1. The fraction of sp³-hybridized carbons (Fsp3) is 0.250. The molecule has 0 bridgehead atoms. The van der Waals surface area contributed by atoms with Gasteiger partial charge >= 0.3 is 0 Å². The van der Waals surface area contributed by atoms with Gasteiger partial charge in [-0.3, -0.25) is 4.79 Å². The Hall–Kier alpha value is -3.37. The Balaban J connectivity index is 1.67. The van der Waals surface area contributed by atoms with E-state index in [0.29, 0.717) is 30.5 Å². The number of aromatic nitrogens is 3. The summed E-state index contributed by atoms with van der Waals surface area (Å²) in [5.41, 5.74) is 14.5. The summed E-state index contributed by atoms with van der Waals surface area (Å²) < 4.78 is 1.93. The lowest BCUT2D eigenvalue weighted by Crippen LogP contribution is -2.25. The maximum absolute atomic E-state index is 12.2. The minimum atomic E-state index is -0.0571. The monoisotopic (exact) mass is 360 g/mol. The van der Waals surface area contributed by atoms with E-state index >= 15 is 0 Å². The molecule has 0 spiro atoms. The molecule has 0 unspecified atom stereocenters. The molecule has 3 aromatic rings. The summed E-state index contributed by atoms with van der Waals surface area (Å²) in [5, 5.41) is 3.71. The van der Waals surface area contributed by atoms with Crippen molar-refractivity contribution in [2.45, 2.75) is 25.4 Å². The van der Waals surface area contributed by atoms with Crippen molar-refractivity contribution in [3.63, 3.8) is 0 Å². The molecular weight excluding hydrogens is 340 g/mol. The van der Waals surface area contributed by atoms with Crippen LogP contribution in [-0.2, 0) is 6.54 Å². The van der Waals surface area contributed by atoms with Gasteiger partial charge in [-0.25, -0.2) is 9.97 Å². The van der Waals surface area contributed by atoms with Crippen LogP contribution in [0.2, 0.25) is 0 Å². The average Bonchev–Trinajstić information content (AvgIpc) is 3.41. The number of nitrogens with zero attached hydrogens (tertiary/aromatic N) is 3. The molecule has 136 valence electrons. The highest BCUT2D eigenvalue weighted by molar-refractivity contribution is 5.95. The quantitative estimate of drug-likeness (QED) is 0.607. The van der Waals surface area contributed by atoms with Gasteiger partial charge in [0.05, 0.1) is 10.9 Å². The molecule has 2 aromatic heterocycles. The van der Waals surface area contributed by atoms with Crippen LogP contribution >= 0.6 is 0 Å². The Morgan fingerprint density at radius 1 is 1.30 bits per heavy atom. The average molecular weight is 360 g/mol. The summed E-state index contributed by atoms with van der Waals surface area (Å²) in [6.45, 7) is 1.10. The van der Waals surface area contributed by atoms with Crippen molar-refractivity contribution in [2.75, 3.05) is 12.3 Å². The van der Waals surface area contributed by atoms with Crippen LogP contribution in [0.5, 0.6) is 0 Å². The van der Waals surface area contributed by atoms with Gasteiger partial charge in [-0.05, 0) is 31.0 Å². The topological polar surface area (TPSA) is 112 Å². The van der Waals surface area contributed by atoms with Gasteiger partial charge in [-0.1, -0.05) is 17.9 Å². The molecule has 7 heteroatoms. The van der Waals surface area contributed by atoms with Gasteiger partial charge in [0.2, 0.25) is 0 Å². The second kappa shape index (κ2) is 7.09. The van der Waals surface area contributed by atoms with Crippen LogP contribution in [0.15, 0.2) is 36.8 Å². The molecule has 1 aromatic carbocycles. The Kier molecular flexibility index (Phi) is 4.48. The van der Waals surface area contributed by atoms with Crippen LogP contribution in [-0.4, -0.2) is 33.0 Å². The predicted molar refractivity (Wildman–Crippen MR) is 104 cm³/mol. The van der Waals surface area contributed by atoms with E-state index in [0.717, 1.165) is 35.0 Å². The van der Waals surface area contributed by atoms with Gasteiger partial charge < -0.3 is 21.4 Å². The van der Waals surface area contributed by atoms with Crippen molar-refractivity contribution in [1.29, 1.82) is 0 Å². The molecule has 5 N–H and O–H groups in total. The van der Waals surface area contributed by atoms with Gasteiger partial charge in [0, 0.05) is 36.5 Å². The maximum atomic E-state index is 12.2. The fourth-order valence-corrected chi connectivity index (χ4v) is 2.93. The fourth-order valence-electron chi connectivity index (χ4n) is 2.93. The SMILES string of the molecule is NCCn1cc(C#Cc2cccc(C(=O)NC3CC3)c2)c2c(N)ncnc21. The molecule has 1 aliphatic rings. The van der Waals surface area contributed by atoms with Gasteiger partial charge in [-0.2, -0.15) is 0 Å². The van der Waals surface area contributed by atoms with E-state index in [2.05, 4.69) is 27.1 Å². The van der Waals surface area contributed by atoms with E-state index in [4.69, 9.17) is 11.5 Å². The van der Waals surface area contributed by atoms with Gasteiger partial charge in [0.1, 0.15) is 17.8 Å². The summed E-state index contributed by atoms with van der Waals surface area (Å²) in [6.07, 6.45) is 5.44. The minimum Gasteiger partial charge on any atom is -0.383 e. The first-order valence-corrected chi connectivity index (χ1v) is 8.88. The molecule has 2 heterocycles. The standard InChI is InChI=1S/C20H20N6O/c21-8-9-26-11-15(17-18(22)23-12-24-19(17)26)5-4-13-2-1-3-14(10-13)20(27)25-16-6-7-16/h1-3,10-12,16H,6-9,21H2,(H,25,27)(H2,22,23,24). The van der Waals surface area contributed by atoms with Crippen LogP contribution < -0.4 is 16.8 Å². The number of benzene rings is 1. The molecule has 0 radical (unpaired) electrons. The number of nitrogens with two attached hydrogens (primary N) is 2. The van der Waals surface area contributed by atoms with Crippen molar-refractivity contribution in [2.24, 2.45) is 5.73 Å². The maximum Gasteiger partial charge on any atom is 0.251 e. The molecule has 7 nitrogen and oxygen atoms in total. The Labute approximate surface area is 156 Å². The normalized spacial score (nSPS) is 13.2. The van der Waals surface area contributed by atoms with Crippen molar-refractivity contribution < 1.29 is 4.79 Å². The molecule has 0 saturated heterocycles. The van der Waals surface area contributed by atoms with Gasteiger partial charge in [-0.15, -0.1) is 0 Å².